The van der Waals surface area contributed by atoms with Gasteiger partial charge >= 0.3 is 5.70 Å². The summed E-state index contributed by atoms with van der Waals surface area (Å²) < 4.78 is 6.67. The number of pyridine rings is 1. The molecule has 0 spiro atoms. The Bertz CT molecular complexity index is 396. The van der Waals surface area contributed by atoms with Crippen LogP contribution in [0.25, 0.3) is 11.1 Å². The lowest BCUT2D eigenvalue weighted by molar-refractivity contribution is -0.576. The molecule has 0 radical (unpaired) electrons. The molecular weight excluding hydrogens is 178 g/mol. The van der Waals surface area contributed by atoms with Crippen molar-refractivity contribution in [3.05, 3.63) is 29.9 Å². The van der Waals surface area contributed by atoms with E-state index in [0.717, 1.165) is 5.75 Å². The van der Waals surface area contributed by atoms with E-state index in [1.807, 2.05) is 6.92 Å². The Hall–Kier alpha value is -2.11. The summed E-state index contributed by atoms with van der Waals surface area (Å²) in [7, 11) is 0. The first-order valence-corrected chi connectivity index (χ1v) is 4.13. The summed E-state index contributed by atoms with van der Waals surface area (Å²) in [5.74, 6) is 2.52. The molecule has 0 bridgehead atoms. The summed E-state index contributed by atoms with van der Waals surface area (Å²) >= 11 is 0. The fraction of sp³-hybridized carbons (Fsp3) is 0.200. The van der Waals surface area contributed by atoms with E-state index in [4.69, 9.17) is 15.4 Å². The van der Waals surface area contributed by atoms with Crippen LogP contribution in [0.2, 0.25) is 0 Å². The van der Waals surface area contributed by atoms with E-state index in [9.17, 15) is 0 Å². The molecule has 70 valence electrons. The molecule has 1 aromatic rings. The van der Waals surface area contributed by atoms with Gasteiger partial charge in [-0.1, -0.05) is 0 Å². The Balaban J connectivity index is 2.95. The van der Waals surface area contributed by atoms with E-state index in [0.29, 0.717) is 6.61 Å². The number of rotatable bonds is 3. The average Bonchev–Trinajstić information content (AvgIpc) is 2.23. The van der Waals surface area contributed by atoms with Gasteiger partial charge in [0.15, 0.2) is 18.5 Å². The van der Waals surface area contributed by atoms with Crippen molar-refractivity contribution in [3.63, 3.8) is 0 Å². The van der Waals surface area contributed by atoms with E-state index >= 15 is 0 Å². The summed E-state index contributed by atoms with van der Waals surface area (Å²) in [5.41, 5.74) is 0.0352. The van der Waals surface area contributed by atoms with Crippen LogP contribution in [-0.2, 0) is 0 Å². The Labute approximate surface area is 82.2 Å². The summed E-state index contributed by atoms with van der Waals surface area (Å²) in [4.78, 5) is 0. The summed E-state index contributed by atoms with van der Waals surface area (Å²) in [5, 5.41) is 17.2. The van der Waals surface area contributed by atoms with Gasteiger partial charge < -0.3 is 10.1 Å². The van der Waals surface area contributed by atoms with E-state index in [1.165, 1.54) is 4.57 Å². The van der Waals surface area contributed by atoms with Crippen LogP contribution in [0.4, 0.5) is 0 Å². The largest absolute Gasteiger partial charge is 0.757 e. The van der Waals surface area contributed by atoms with Crippen molar-refractivity contribution in [1.29, 1.82) is 5.26 Å². The second-order valence-corrected chi connectivity index (χ2v) is 2.45. The number of aromatic nitrogens is 1. The van der Waals surface area contributed by atoms with Crippen LogP contribution in [0.5, 0.6) is 5.75 Å². The number of allylic oxidation sites excluding steroid dienone is 1. The van der Waals surface area contributed by atoms with Gasteiger partial charge in [0, 0.05) is 12.1 Å². The maximum atomic E-state index is 8.59. The molecule has 0 atom stereocenters. The van der Waals surface area contributed by atoms with Crippen LogP contribution in [0.3, 0.4) is 0 Å². The fourth-order valence-corrected chi connectivity index (χ4v) is 0.965. The highest BCUT2D eigenvalue weighted by Gasteiger charge is 2.05. The van der Waals surface area contributed by atoms with E-state index in [-0.39, 0.29) is 5.70 Å². The maximum Gasteiger partial charge on any atom is 0.309 e. The first-order chi connectivity index (χ1) is 6.81. The van der Waals surface area contributed by atoms with Crippen molar-refractivity contribution >= 4 is 11.6 Å². The Kier molecular flexibility index (Phi) is 3.42. The Morgan fingerprint density at radius 3 is 2.64 bits per heavy atom. The fourth-order valence-electron chi connectivity index (χ4n) is 0.965. The van der Waals surface area contributed by atoms with Gasteiger partial charge in [-0.3, -0.25) is 0 Å². The van der Waals surface area contributed by atoms with Gasteiger partial charge in [0.2, 0.25) is 0 Å². The van der Waals surface area contributed by atoms with Crippen molar-refractivity contribution < 1.29 is 9.30 Å². The van der Waals surface area contributed by atoms with Crippen LogP contribution in [0, 0.1) is 11.3 Å². The molecule has 1 aromatic heterocycles. The molecule has 0 saturated carbocycles. The van der Waals surface area contributed by atoms with Gasteiger partial charge in [0.05, 0.1) is 6.61 Å². The van der Waals surface area contributed by atoms with Gasteiger partial charge in [0.1, 0.15) is 5.75 Å². The highest BCUT2D eigenvalue weighted by atomic mass is 16.5. The number of nitriles is 1. The van der Waals surface area contributed by atoms with Gasteiger partial charge in [-0.05, 0) is 6.92 Å². The van der Waals surface area contributed by atoms with Gasteiger partial charge in [-0.2, -0.15) is 15.7 Å². The average molecular weight is 187 g/mol. The van der Waals surface area contributed by atoms with Crippen LogP contribution >= 0.6 is 0 Å². The second-order valence-electron chi connectivity index (χ2n) is 2.45. The molecule has 0 aliphatic rings. The molecule has 0 amide bonds. The highest BCUT2D eigenvalue weighted by molar-refractivity contribution is 5.84. The molecule has 0 N–H and O–H groups in total. The molecule has 0 saturated heterocycles. The van der Waals surface area contributed by atoms with Crippen LogP contribution < -0.4 is 9.30 Å². The molecule has 14 heavy (non-hydrogen) atoms. The minimum atomic E-state index is 0.0352. The number of ether oxygens (including phenoxy) is 1. The zero-order chi connectivity index (χ0) is 10.4. The first kappa shape index (κ1) is 9.97. The second kappa shape index (κ2) is 4.80. The molecule has 0 aliphatic carbocycles. The molecule has 0 unspecified atom stereocenters. The topological polar surface area (TPSA) is 59.2 Å². The van der Waals surface area contributed by atoms with Crippen LogP contribution in [0.1, 0.15) is 6.92 Å². The molecule has 0 fully saturated rings. The minimum absolute atomic E-state index is 0.0352. The third-order valence-electron chi connectivity index (χ3n) is 1.58. The third-order valence-corrected chi connectivity index (χ3v) is 1.58. The Morgan fingerprint density at radius 2 is 2.21 bits per heavy atom. The normalized spacial score (nSPS) is 8.57. The lowest BCUT2D eigenvalue weighted by atomic mass is 10.4. The molecule has 0 aliphatic heterocycles. The monoisotopic (exact) mass is 187 g/mol. The zero-order valence-corrected chi connectivity index (χ0v) is 7.77. The van der Waals surface area contributed by atoms with E-state index in [1.54, 1.807) is 36.5 Å². The van der Waals surface area contributed by atoms with Crippen LogP contribution in [0.15, 0.2) is 24.5 Å². The van der Waals surface area contributed by atoms with E-state index < -0.39 is 0 Å². The SMILES string of the molecule is CCOc1cc[n+](C(=C=[N-])C#N)cc1. The van der Waals surface area contributed by atoms with Gasteiger partial charge in [-0.25, -0.2) is 0 Å². The number of nitrogens with zero attached hydrogens (tertiary/aromatic N) is 3. The number of hydrogen-bond donors (Lipinski definition) is 0. The summed E-state index contributed by atoms with van der Waals surface area (Å²) in [6, 6.07) is 5.21. The maximum absolute atomic E-state index is 8.59. The highest BCUT2D eigenvalue weighted by Crippen LogP contribution is 2.05. The standard InChI is InChI=1S/C10H9N3O/c1-2-14-10-3-5-13(6-4-10)9(7-11)8-12/h3-6H,2H2,1H3. The van der Waals surface area contributed by atoms with Crippen molar-refractivity contribution in [2.45, 2.75) is 6.92 Å². The quantitative estimate of drug-likeness (QED) is 0.402. The van der Waals surface area contributed by atoms with Crippen molar-refractivity contribution in [1.82, 2.24) is 0 Å². The molecule has 0 aromatic carbocycles. The summed E-state index contributed by atoms with van der Waals surface area (Å²) in [6.07, 6.45) is 3.24. The van der Waals surface area contributed by atoms with Crippen molar-refractivity contribution in [2.24, 2.45) is 0 Å². The predicted molar refractivity (Wildman–Crippen MR) is 51.5 cm³/mol. The van der Waals surface area contributed by atoms with Crippen LogP contribution in [-0.4, -0.2) is 12.5 Å². The van der Waals surface area contributed by atoms with E-state index in [2.05, 4.69) is 0 Å². The first-order valence-electron chi connectivity index (χ1n) is 4.13. The smallest absolute Gasteiger partial charge is 0.309 e. The molecular formula is C10H9N3O. The van der Waals surface area contributed by atoms with Crippen molar-refractivity contribution in [3.8, 4) is 11.8 Å². The predicted octanol–water partition coefficient (Wildman–Crippen LogP) is 0.976. The zero-order valence-electron chi connectivity index (χ0n) is 7.77. The molecule has 4 heteroatoms. The number of hydrogen-bond acceptors (Lipinski definition) is 2. The lowest BCUT2D eigenvalue weighted by Gasteiger charge is -1.99. The van der Waals surface area contributed by atoms with Gasteiger partial charge in [0.25, 0.3) is 0 Å². The third kappa shape index (κ3) is 2.19. The van der Waals surface area contributed by atoms with Gasteiger partial charge in [-0.15, -0.1) is 0 Å². The minimum Gasteiger partial charge on any atom is -0.757 e. The molecule has 1 rings (SSSR count). The van der Waals surface area contributed by atoms with Crippen molar-refractivity contribution in [2.75, 3.05) is 6.61 Å². The Morgan fingerprint density at radius 1 is 1.57 bits per heavy atom. The summed E-state index contributed by atoms with van der Waals surface area (Å²) in [6.45, 7) is 2.49. The lowest BCUT2D eigenvalue weighted by Crippen LogP contribution is -2.30. The molecule has 1 heterocycles. The molecule has 4 nitrogen and oxygen atoms in total.